The van der Waals surface area contributed by atoms with Crippen LogP contribution in [0.1, 0.15) is 93.2 Å². The third-order valence-electron chi connectivity index (χ3n) is 14.2. The van der Waals surface area contributed by atoms with Gasteiger partial charge in [-0.2, -0.15) is 0 Å². The molecule has 3 aliphatic rings. The van der Waals surface area contributed by atoms with Gasteiger partial charge in [0, 0.05) is 53.3 Å². The van der Waals surface area contributed by atoms with Crippen molar-refractivity contribution < 1.29 is 39.2 Å². The molecule has 74 heavy (non-hydrogen) atoms. The van der Waals surface area contributed by atoms with Crippen LogP contribution >= 0.6 is 0 Å². The normalized spacial score (nSPS) is 17.9. The van der Waals surface area contributed by atoms with Gasteiger partial charge >= 0.3 is 5.97 Å². The smallest absolute Gasteiger partial charge is 0.347 e. The number of aldehydes is 1. The topological polar surface area (TPSA) is 203 Å². The van der Waals surface area contributed by atoms with E-state index in [0.717, 1.165) is 82.0 Å². The maximum absolute atomic E-state index is 13.6. The molecule has 1 saturated heterocycles. The Bertz CT molecular complexity index is 2940. The van der Waals surface area contributed by atoms with Crippen molar-refractivity contribution in [1.82, 2.24) is 25.8 Å². The third-order valence-corrected chi connectivity index (χ3v) is 14.2. The first-order chi connectivity index (χ1) is 36.0. The van der Waals surface area contributed by atoms with Crippen molar-refractivity contribution in [2.24, 2.45) is 5.92 Å². The fourth-order valence-corrected chi connectivity index (χ4v) is 9.60. The van der Waals surface area contributed by atoms with E-state index in [1.54, 1.807) is 72.8 Å². The summed E-state index contributed by atoms with van der Waals surface area (Å²) in [6.07, 6.45) is 13.6. The third kappa shape index (κ3) is 13.9. The molecule has 386 valence electrons. The Hall–Kier alpha value is -7.20. The van der Waals surface area contributed by atoms with Crippen molar-refractivity contribution in [2.75, 3.05) is 46.4 Å². The number of nitrogens with one attached hydrogen (secondary N) is 4. The number of aliphatic hydroxyl groups excluding tert-OH is 1. The lowest BCUT2D eigenvalue weighted by Crippen LogP contribution is -2.51. The Kier molecular flexibility index (Phi) is 18.4. The van der Waals surface area contributed by atoms with Crippen LogP contribution in [-0.4, -0.2) is 102 Å². The Labute approximate surface area is 432 Å². The number of aromatic amines is 1. The van der Waals surface area contributed by atoms with E-state index < -0.39 is 17.7 Å². The Balaban J connectivity index is 0.000000202. The number of fused-ring (bicyclic) bond motifs is 1. The number of nitrogens with zero attached hydrogens (tertiary/aromatic N) is 1. The molecular formula is C60H67N5O9. The van der Waals surface area contributed by atoms with Gasteiger partial charge in [-0.3, -0.25) is 19.3 Å². The molecule has 2 fully saturated rings. The molecule has 2 aliphatic carbocycles. The summed E-state index contributed by atoms with van der Waals surface area (Å²) in [5.74, 6) is 0.0134. The lowest BCUT2D eigenvalue weighted by atomic mass is 9.86. The predicted octanol–water partition coefficient (Wildman–Crippen LogP) is 7.43. The van der Waals surface area contributed by atoms with Gasteiger partial charge in [-0.25, -0.2) is 4.79 Å². The molecule has 9 rings (SSSR count). The Morgan fingerprint density at radius 3 is 2.32 bits per heavy atom. The first-order valence-electron chi connectivity index (χ1n) is 25.6. The van der Waals surface area contributed by atoms with Crippen LogP contribution in [0.3, 0.4) is 0 Å². The molecule has 1 aliphatic heterocycles. The summed E-state index contributed by atoms with van der Waals surface area (Å²) in [4.78, 5) is 53.5. The summed E-state index contributed by atoms with van der Waals surface area (Å²) in [6, 6.07) is 37.4. The molecule has 1 amide bonds. The second kappa shape index (κ2) is 25.6. The summed E-state index contributed by atoms with van der Waals surface area (Å²) in [6.45, 7) is 4.44. The fraction of sp³-hybridized carbons (Fsp3) is 0.333. The summed E-state index contributed by atoms with van der Waals surface area (Å²) in [5.41, 5.74) is 4.13. The van der Waals surface area contributed by atoms with Crippen molar-refractivity contribution in [3.63, 3.8) is 0 Å². The van der Waals surface area contributed by atoms with Crippen molar-refractivity contribution in [1.29, 1.82) is 0 Å². The average molecular weight is 1000 g/mol. The lowest BCUT2D eigenvalue weighted by molar-refractivity contribution is -0.164. The number of allylic oxidation sites excluding steroid dienone is 2. The van der Waals surface area contributed by atoms with Crippen LogP contribution in [0.4, 0.5) is 0 Å². The van der Waals surface area contributed by atoms with Crippen molar-refractivity contribution in [3.05, 3.63) is 200 Å². The van der Waals surface area contributed by atoms with E-state index in [-0.39, 0.29) is 42.4 Å². The summed E-state index contributed by atoms with van der Waals surface area (Å²) < 4.78 is 11.8. The largest absolute Gasteiger partial charge is 0.506 e. The predicted molar refractivity (Wildman–Crippen MR) is 286 cm³/mol. The van der Waals surface area contributed by atoms with Gasteiger partial charge < -0.3 is 45.7 Å². The molecule has 6 aromatic rings. The molecule has 0 unspecified atom stereocenters. The minimum Gasteiger partial charge on any atom is -0.506 e. The van der Waals surface area contributed by atoms with E-state index in [1.165, 1.54) is 17.7 Å². The maximum atomic E-state index is 13.6. The highest BCUT2D eigenvalue weighted by molar-refractivity contribution is 5.94. The number of benzene rings is 5. The van der Waals surface area contributed by atoms with Gasteiger partial charge in [0.2, 0.25) is 11.2 Å². The highest BCUT2D eigenvalue weighted by Crippen LogP contribution is 2.34. The minimum absolute atomic E-state index is 0.0291. The van der Waals surface area contributed by atoms with E-state index in [4.69, 9.17) is 9.47 Å². The molecule has 14 nitrogen and oxygen atoms in total. The molecule has 1 saturated carbocycles. The van der Waals surface area contributed by atoms with Gasteiger partial charge in [-0.15, -0.1) is 0 Å². The number of carbonyl (C=O) groups excluding carboxylic acids is 3. The number of hydrogen-bond acceptors (Lipinski definition) is 12. The number of piperidine rings is 1. The van der Waals surface area contributed by atoms with Gasteiger partial charge in [0.05, 0.1) is 18.2 Å². The van der Waals surface area contributed by atoms with Crippen LogP contribution < -0.4 is 26.2 Å². The van der Waals surface area contributed by atoms with Gasteiger partial charge in [-0.05, 0) is 142 Å². The summed E-state index contributed by atoms with van der Waals surface area (Å²) in [7, 11) is 1.94. The van der Waals surface area contributed by atoms with Gasteiger partial charge in [0.15, 0.2) is 0 Å². The maximum Gasteiger partial charge on any atom is 0.347 e. The standard InChI is InChI=1S/C35H37NO5.C25H30N4O4/c37-24-28-14-16-29(17-15-28)25-40-33-13-7-12-32(22-33)35(39,31-10-5-2-6-11-31)34(38)41-26-30-18-20-36(21-19-30)23-27-8-3-1-4-9-27;1-26-17-12-18(13-17)28-25(33)16-4-2-15(3-5-16)10-11-27-14-22(31)19-6-8-21(30)24-20(19)7-9-23(32)29-24/h2-3,5-17,22,24,30,39H,1,4,18-21,23,25-26H2;2-9,17-18,22,26-27,30-31H,10-14H2,1H3,(H,28,33)(H,29,32)/t35-;17?,18?,22-/m00/s1. The van der Waals surface area contributed by atoms with E-state index in [1.807, 2.05) is 49.5 Å². The van der Waals surface area contributed by atoms with Crippen LogP contribution in [0.15, 0.2) is 156 Å². The zero-order valence-electron chi connectivity index (χ0n) is 41.9. The lowest BCUT2D eigenvalue weighted by Gasteiger charge is -2.35. The molecule has 2 heterocycles. The van der Waals surface area contributed by atoms with Crippen molar-refractivity contribution >= 4 is 29.1 Å². The van der Waals surface area contributed by atoms with Gasteiger partial charge in [0.25, 0.3) is 5.91 Å². The zero-order chi connectivity index (χ0) is 51.9. The number of aromatic nitrogens is 1. The van der Waals surface area contributed by atoms with Gasteiger partial charge in [-0.1, -0.05) is 103 Å². The monoisotopic (exact) mass is 1000 g/mol. The number of amides is 1. The quantitative estimate of drug-likeness (QED) is 0.0227. The number of phenolic OH excluding ortho intramolecular Hbond substituents is 1. The zero-order valence-corrected chi connectivity index (χ0v) is 41.9. The number of esters is 1. The molecule has 14 heteroatoms. The Morgan fingerprint density at radius 1 is 0.865 bits per heavy atom. The molecule has 7 N–H and O–H groups in total. The van der Waals surface area contributed by atoms with E-state index in [0.29, 0.717) is 63.6 Å². The Morgan fingerprint density at radius 2 is 1.61 bits per heavy atom. The van der Waals surface area contributed by atoms with E-state index >= 15 is 0 Å². The first kappa shape index (κ1) is 53.1. The molecule has 5 aromatic carbocycles. The SMILES string of the molecule is CNC1CC(NC(=O)c2ccc(CCNC[C@H](O)c3ccc(O)c4[nH]c(=O)ccc34)cc2)C1.O=Cc1ccc(COc2cccc([C@](O)(C(=O)OCC3CCN(CC4=CCCC=C4)CC3)c3ccccc3)c2)cc1. The molecule has 2 atom stereocenters. The fourth-order valence-electron chi connectivity index (χ4n) is 9.60. The minimum atomic E-state index is -1.98. The van der Waals surface area contributed by atoms with Crippen LogP contribution in [0.25, 0.3) is 10.9 Å². The first-order valence-corrected chi connectivity index (χ1v) is 25.6. The number of rotatable bonds is 20. The average Bonchev–Trinajstić information content (AvgIpc) is 3.43. The number of hydrogen-bond donors (Lipinski definition) is 7. The second-order valence-corrected chi connectivity index (χ2v) is 19.4. The van der Waals surface area contributed by atoms with Crippen molar-refractivity contribution in [2.45, 2.75) is 75.3 Å². The summed E-state index contributed by atoms with van der Waals surface area (Å²) in [5, 5.41) is 42.7. The van der Waals surface area contributed by atoms with Crippen LogP contribution in [0.2, 0.25) is 0 Å². The van der Waals surface area contributed by atoms with Gasteiger partial charge in [0.1, 0.15) is 24.4 Å². The molecular weight excluding hydrogens is 935 g/mol. The van der Waals surface area contributed by atoms with Crippen LogP contribution in [-0.2, 0) is 28.2 Å². The number of likely N-dealkylation sites (tertiary alicyclic amines) is 1. The molecule has 0 bridgehead atoms. The van der Waals surface area contributed by atoms with E-state index in [9.17, 15) is 34.5 Å². The highest BCUT2D eigenvalue weighted by Gasteiger charge is 2.42. The molecule has 0 radical (unpaired) electrons. The number of phenols is 1. The van der Waals surface area contributed by atoms with E-state index in [2.05, 4.69) is 44.1 Å². The number of aromatic hydroxyl groups is 1. The number of carbonyl (C=O) groups is 3. The number of pyridine rings is 1. The number of ether oxygens (including phenoxy) is 2. The number of aliphatic hydroxyl groups is 2. The second-order valence-electron chi connectivity index (χ2n) is 19.4. The van der Waals surface area contributed by atoms with Crippen LogP contribution in [0, 0.1) is 5.92 Å². The molecule has 1 aromatic heterocycles. The number of H-pyrrole nitrogens is 1. The van der Waals surface area contributed by atoms with Crippen LogP contribution in [0.5, 0.6) is 11.5 Å². The highest BCUT2D eigenvalue weighted by atomic mass is 16.5. The summed E-state index contributed by atoms with van der Waals surface area (Å²) >= 11 is 0. The van der Waals surface area contributed by atoms with Crippen molar-refractivity contribution in [3.8, 4) is 11.5 Å². The molecule has 0 spiro atoms.